The van der Waals surface area contributed by atoms with Gasteiger partial charge >= 0.3 is 5.97 Å². The number of para-hydroxylation sites is 1. The first-order valence-electron chi connectivity index (χ1n) is 8.02. The number of rotatable bonds is 5. The maximum atomic E-state index is 13.0. The fraction of sp³-hybridized carbons (Fsp3) is 0.222. The van der Waals surface area contributed by atoms with Gasteiger partial charge < -0.3 is 10.1 Å². The van der Waals surface area contributed by atoms with E-state index >= 15 is 0 Å². The standard InChI is InChI=1S/C18H17FN4O3/c1-10(12-6-8-13(19)9-7-12)20-17(24)11(2)26-18(25)14-4-3-5-15-16(14)22-23-21-15/h3-11H,1-2H3,(H,20,24)(H,21,22,23)/t10-,11+/m0/s1. The number of halogens is 1. The number of nitrogens with zero attached hydrogens (tertiary/aromatic N) is 2. The molecule has 1 heterocycles. The highest BCUT2D eigenvalue weighted by Gasteiger charge is 2.22. The molecule has 7 nitrogen and oxygen atoms in total. The van der Waals surface area contributed by atoms with Crippen molar-refractivity contribution in [1.82, 2.24) is 20.7 Å². The van der Waals surface area contributed by atoms with Crippen LogP contribution in [-0.2, 0) is 9.53 Å². The lowest BCUT2D eigenvalue weighted by Gasteiger charge is -2.18. The van der Waals surface area contributed by atoms with Crippen LogP contribution in [0.2, 0.25) is 0 Å². The van der Waals surface area contributed by atoms with Crippen molar-refractivity contribution in [1.29, 1.82) is 0 Å². The summed E-state index contributed by atoms with van der Waals surface area (Å²) in [5.41, 5.74) is 1.87. The number of nitrogens with one attached hydrogen (secondary N) is 2. The summed E-state index contributed by atoms with van der Waals surface area (Å²) in [5, 5.41) is 13.0. The molecular weight excluding hydrogens is 339 g/mol. The molecule has 8 heteroatoms. The Bertz CT molecular complexity index is 939. The van der Waals surface area contributed by atoms with Crippen molar-refractivity contribution >= 4 is 22.9 Å². The minimum absolute atomic E-state index is 0.225. The average molecular weight is 356 g/mol. The molecule has 0 aliphatic heterocycles. The van der Waals surface area contributed by atoms with Crippen molar-refractivity contribution in [3.05, 3.63) is 59.4 Å². The summed E-state index contributed by atoms with van der Waals surface area (Å²) in [7, 11) is 0. The highest BCUT2D eigenvalue weighted by atomic mass is 19.1. The van der Waals surface area contributed by atoms with E-state index in [4.69, 9.17) is 4.74 Å². The van der Waals surface area contributed by atoms with Crippen molar-refractivity contribution in [2.45, 2.75) is 26.0 Å². The molecule has 2 aromatic carbocycles. The zero-order chi connectivity index (χ0) is 18.7. The molecule has 2 atom stereocenters. The Kier molecular flexibility index (Phi) is 4.92. The second-order valence-electron chi connectivity index (χ2n) is 5.83. The van der Waals surface area contributed by atoms with Gasteiger partial charge in [0.2, 0.25) is 0 Å². The van der Waals surface area contributed by atoms with Crippen LogP contribution in [0.1, 0.15) is 35.8 Å². The van der Waals surface area contributed by atoms with Gasteiger partial charge in [0.1, 0.15) is 16.9 Å². The lowest BCUT2D eigenvalue weighted by Crippen LogP contribution is -2.37. The monoisotopic (exact) mass is 356 g/mol. The number of amides is 1. The Morgan fingerprint density at radius 2 is 1.85 bits per heavy atom. The van der Waals surface area contributed by atoms with Crippen LogP contribution in [-0.4, -0.2) is 33.4 Å². The van der Waals surface area contributed by atoms with Gasteiger partial charge in [0.05, 0.1) is 11.6 Å². The van der Waals surface area contributed by atoms with E-state index in [2.05, 4.69) is 20.7 Å². The second-order valence-corrected chi connectivity index (χ2v) is 5.83. The van der Waals surface area contributed by atoms with Crippen molar-refractivity contribution in [3.63, 3.8) is 0 Å². The molecule has 0 saturated carbocycles. The van der Waals surface area contributed by atoms with Crippen LogP contribution in [0.3, 0.4) is 0 Å². The predicted molar refractivity (Wildman–Crippen MR) is 91.7 cm³/mol. The molecule has 2 N–H and O–H groups in total. The molecule has 0 aliphatic rings. The molecule has 0 saturated heterocycles. The maximum absolute atomic E-state index is 13.0. The largest absolute Gasteiger partial charge is 0.449 e. The number of carbonyl (C=O) groups excluding carboxylic acids is 2. The van der Waals surface area contributed by atoms with Gasteiger partial charge in [0, 0.05) is 0 Å². The Morgan fingerprint density at radius 1 is 1.12 bits per heavy atom. The van der Waals surface area contributed by atoms with Crippen molar-refractivity contribution in [2.24, 2.45) is 0 Å². The van der Waals surface area contributed by atoms with Crippen LogP contribution in [0, 0.1) is 5.82 Å². The number of aromatic amines is 1. The molecule has 0 bridgehead atoms. The van der Waals surface area contributed by atoms with E-state index in [9.17, 15) is 14.0 Å². The van der Waals surface area contributed by atoms with Crippen LogP contribution < -0.4 is 5.32 Å². The zero-order valence-electron chi connectivity index (χ0n) is 14.2. The van der Waals surface area contributed by atoms with E-state index in [0.717, 1.165) is 5.56 Å². The number of ether oxygens (including phenoxy) is 1. The first kappa shape index (κ1) is 17.5. The Balaban J connectivity index is 1.64. The fourth-order valence-corrected chi connectivity index (χ4v) is 2.48. The van der Waals surface area contributed by atoms with Gasteiger partial charge in [-0.15, -0.1) is 0 Å². The molecule has 3 rings (SSSR count). The van der Waals surface area contributed by atoms with Gasteiger partial charge in [-0.3, -0.25) is 4.79 Å². The zero-order valence-corrected chi connectivity index (χ0v) is 14.2. The molecule has 0 spiro atoms. The number of aromatic nitrogens is 3. The number of H-pyrrole nitrogens is 1. The van der Waals surface area contributed by atoms with Gasteiger partial charge in [-0.25, -0.2) is 9.18 Å². The number of esters is 1. The molecular formula is C18H17FN4O3. The predicted octanol–water partition coefficient (Wildman–Crippen LogP) is 2.52. The number of fused-ring (bicyclic) bond motifs is 1. The van der Waals surface area contributed by atoms with Crippen molar-refractivity contribution < 1.29 is 18.7 Å². The van der Waals surface area contributed by atoms with Crippen LogP contribution >= 0.6 is 0 Å². The van der Waals surface area contributed by atoms with E-state index in [1.165, 1.54) is 19.1 Å². The fourth-order valence-electron chi connectivity index (χ4n) is 2.48. The summed E-state index contributed by atoms with van der Waals surface area (Å²) in [6.07, 6.45) is -1.01. The lowest BCUT2D eigenvalue weighted by atomic mass is 10.1. The molecule has 1 aromatic heterocycles. The van der Waals surface area contributed by atoms with E-state index < -0.39 is 18.0 Å². The highest BCUT2D eigenvalue weighted by molar-refractivity contribution is 6.02. The van der Waals surface area contributed by atoms with Crippen LogP contribution in [0.15, 0.2) is 42.5 Å². The van der Waals surface area contributed by atoms with Gasteiger partial charge in [-0.05, 0) is 43.7 Å². The molecule has 0 aliphatic carbocycles. The quantitative estimate of drug-likeness (QED) is 0.685. The Hall–Kier alpha value is -3.29. The maximum Gasteiger partial charge on any atom is 0.341 e. The molecule has 3 aromatic rings. The summed E-state index contributed by atoms with van der Waals surface area (Å²) in [6, 6.07) is 10.4. The minimum Gasteiger partial charge on any atom is -0.449 e. The number of benzene rings is 2. The third-order valence-corrected chi connectivity index (χ3v) is 3.95. The summed E-state index contributed by atoms with van der Waals surface area (Å²) in [6.45, 7) is 3.24. The Labute approximate surface area is 148 Å². The highest BCUT2D eigenvalue weighted by Crippen LogP contribution is 2.16. The number of hydrogen-bond donors (Lipinski definition) is 2. The molecule has 1 amide bonds. The second kappa shape index (κ2) is 7.30. The van der Waals surface area contributed by atoms with E-state index in [0.29, 0.717) is 11.0 Å². The van der Waals surface area contributed by atoms with Gasteiger partial charge in [-0.1, -0.05) is 18.2 Å². The van der Waals surface area contributed by atoms with Gasteiger partial charge in [-0.2, -0.15) is 15.4 Å². The molecule has 134 valence electrons. The van der Waals surface area contributed by atoms with Crippen LogP contribution in [0.25, 0.3) is 11.0 Å². The summed E-state index contributed by atoms with van der Waals surface area (Å²) < 4.78 is 18.2. The average Bonchev–Trinajstić information content (AvgIpc) is 3.10. The van der Waals surface area contributed by atoms with Crippen molar-refractivity contribution in [3.8, 4) is 0 Å². The summed E-state index contributed by atoms with van der Waals surface area (Å²) >= 11 is 0. The topological polar surface area (TPSA) is 97.0 Å². The number of carbonyl (C=O) groups is 2. The third kappa shape index (κ3) is 3.69. The first-order chi connectivity index (χ1) is 12.5. The van der Waals surface area contributed by atoms with Crippen LogP contribution in [0.4, 0.5) is 4.39 Å². The van der Waals surface area contributed by atoms with E-state index in [-0.39, 0.29) is 17.4 Å². The molecule has 26 heavy (non-hydrogen) atoms. The molecule has 0 radical (unpaired) electrons. The van der Waals surface area contributed by atoms with Gasteiger partial charge in [0.25, 0.3) is 5.91 Å². The third-order valence-electron chi connectivity index (χ3n) is 3.95. The Morgan fingerprint density at radius 3 is 2.58 bits per heavy atom. The SMILES string of the molecule is C[C@H](NC(=O)[C@@H](C)OC(=O)c1cccc2n[nH]nc12)c1ccc(F)cc1. The van der Waals surface area contributed by atoms with Crippen LogP contribution in [0.5, 0.6) is 0 Å². The smallest absolute Gasteiger partial charge is 0.341 e. The summed E-state index contributed by atoms with van der Waals surface area (Å²) in [5.74, 6) is -1.47. The lowest BCUT2D eigenvalue weighted by molar-refractivity contribution is -0.129. The van der Waals surface area contributed by atoms with E-state index in [1.54, 1.807) is 37.3 Å². The van der Waals surface area contributed by atoms with Gasteiger partial charge in [0.15, 0.2) is 6.10 Å². The normalized spacial score (nSPS) is 13.2. The van der Waals surface area contributed by atoms with Crippen molar-refractivity contribution in [2.75, 3.05) is 0 Å². The minimum atomic E-state index is -1.01. The molecule has 0 fully saturated rings. The van der Waals surface area contributed by atoms with E-state index in [1.807, 2.05) is 0 Å². The number of hydrogen-bond acceptors (Lipinski definition) is 5. The molecule has 0 unspecified atom stereocenters. The summed E-state index contributed by atoms with van der Waals surface area (Å²) in [4.78, 5) is 24.6. The first-order valence-corrected chi connectivity index (χ1v) is 8.02.